The molecular formula is C64H95N13O14. The molecule has 27 heteroatoms. The quantitative estimate of drug-likeness (QED) is 0.0266. The lowest BCUT2D eigenvalue weighted by atomic mass is 10.1. The summed E-state index contributed by atoms with van der Waals surface area (Å²) in [5, 5.41) is 30.6. The Morgan fingerprint density at radius 2 is 0.758 bits per heavy atom. The summed E-state index contributed by atoms with van der Waals surface area (Å²) in [4.78, 5) is 117. The molecule has 8 amide bonds. The number of methoxy groups -OCH3 is 4. The molecule has 4 rings (SSSR count). The van der Waals surface area contributed by atoms with Crippen molar-refractivity contribution in [3.8, 4) is 23.0 Å². The molecule has 0 spiro atoms. The molecule has 0 aliphatic heterocycles. The van der Waals surface area contributed by atoms with Crippen molar-refractivity contribution in [1.82, 2.24) is 21.3 Å². The van der Waals surface area contributed by atoms with Crippen molar-refractivity contribution in [3.05, 3.63) is 95.1 Å². The lowest BCUT2D eigenvalue weighted by molar-refractivity contribution is -0.137. The second-order valence-electron chi connectivity index (χ2n) is 21.4. The van der Waals surface area contributed by atoms with E-state index in [1.807, 2.05) is 6.92 Å². The summed E-state index contributed by atoms with van der Waals surface area (Å²) in [6.07, 6.45) is 8.25. The molecule has 0 bridgehead atoms. The molecule has 0 aliphatic carbocycles. The van der Waals surface area contributed by atoms with Gasteiger partial charge in [0.1, 0.15) is 41.1 Å². The van der Waals surface area contributed by atoms with Crippen molar-refractivity contribution in [2.75, 3.05) is 82.4 Å². The number of carbonyl (C=O) groups is 9. The molecule has 0 aromatic heterocycles. The molecular weight excluding hydrogens is 1170 g/mol. The highest BCUT2D eigenvalue weighted by Gasteiger charge is 2.29. The maximum absolute atomic E-state index is 14.2. The van der Waals surface area contributed by atoms with Gasteiger partial charge in [-0.1, -0.05) is 12.8 Å². The van der Waals surface area contributed by atoms with Gasteiger partial charge in [-0.05, 0) is 195 Å². The van der Waals surface area contributed by atoms with Crippen molar-refractivity contribution < 1.29 is 67.2 Å². The fourth-order valence-corrected chi connectivity index (χ4v) is 9.24. The van der Waals surface area contributed by atoms with Crippen LogP contribution in [0.5, 0.6) is 23.0 Å². The highest BCUT2D eigenvalue weighted by atomic mass is 16.5. The van der Waals surface area contributed by atoms with E-state index in [-0.39, 0.29) is 82.6 Å². The number of unbranched alkanes of at least 4 members (excludes halogenated alkanes) is 6. The third-order valence-corrected chi connectivity index (χ3v) is 14.3. The zero-order valence-corrected chi connectivity index (χ0v) is 53.2. The largest absolute Gasteiger partial charge is 0.496 e. The number of aliphatic carboxylic acids is 1. The number of anilines is 4. The summed E-state index contributed by atoms with van der Waals surface area (Å²) < 4.78 is 21.9. The minimum atomic E-state index is -1.14. The lowest BCUT2D eigenvalue weighted by Crippen LogP contribution is -2.44. The summed E-state index contributed by atoms with van der Waals surface area (Å²) in [6.45, 7) is 5.51. The first-order chi connectivity index (χ1) is 43.7. The van der Waals surface area contributed by atoms with Crippen molar-refractivity contribution in [2.45, 2.75) is 141 Å². The first kappa shape index (κ1) is 76.4. The first-order valence-corrected chi connectivity index (χ1v) is 30.5. The molecule has 0 fully saturated rings. The minimum absolute atomic E-state index is 0.0242. The Balaban J connectivity index is 0.00000162. The predicted molar refractivity (Wildman–Crippen MR) is 349 cm³/mol. The van der Waals surface area contributed by atoms with E-state index in [1.54, 1.807) is 31.4 Å². The van der Waals surface area contributed by atoms with E-state index in [1.165, 1.54) is 76.8 Å². The van der Waals surface area contributed by atoms with Gasteiger partial charge in [0, 0.05) is 42.6 Å². The van der Waals surface area contributed by atoms with Crippen LogP contribution in [0.25, 0.3) is 0 Å². The van der Waals surface area contributed by atoms with Gasteiger partial charge in [0.25, 0.3) is 17.7 Å². The Hall–Kier alpha value is -8.89. The standard InChI is InChI=1S/C56H80N12O11.C8H15NO3/c1-34-30-35(18-22-46(34)76-2)63-54(73)43(15-7-11-27-58)66-51(70)40-32-37(20-24-48(40)78-4)65-56(75)45(17-9-13-29-60)68-52(71)41-33-38(21-25-49(41)79-5)64-55(74)44(16-8-12-28-59)67-50(69)39-31-36(19-23-47(39)77-3)62-53(72)42(61)14-6-10-26-57;1-7(10)9-6-4-2-3-5-8(11)12/h18-25,30-33,42-45H,6-17,26-29,57-61H2,1-5H3,(H,62,72)(H,63,73)(H,64,74)(H,65,75)(H,66,70)(H,67,69)(H,68,71);2-6H2,1H3,(H,9,10)(H,11,12)/t42-,43-,44-,45-;/m0./s1. The van der Waals surface area contributed by atoms with Gasteiger partial charge in [-0.15, -0.1) is 0 Å². The zero-order valence-electron chi connectivity index (χ0n) is 53.2. The van der Waals surface area contributed by atoms with Gasteiger partial charge in [0.05, 0.1) is 51.2 Å². The van der Waals surface area contributed by atoms with Crippen LogP contribution in [0.3, 0.4) is 0 Å². The van der Waals surface area contributed by atoms with Crippen molar-refractivity contribution in [1.29, 1.82) is 0 Å². The van der Waals surface area contributed by atoms with Gasteiger partial charge in [-0.3, -0.25) is 43.2 Å². The molecule has 0 unspecified atom stereocenters. The second kappa shape index (κ2) is 42.2. The van der Waals surface area contributed by atoms with E-state index in [0.717, 1.165) is 24.8 Å². The Bertz CT molecular complexity index is 3000. The van der Waals surface area contributed by atoms with Crippen LogP contribution < -0.4 is 90.2 Å². The van der Waals surface area contributed by atoms with Crippen LogP contribution in [0.1, 0.15) is 146 Å². The molecule has 4 atom stereocenters. The minimum Gasteiger partial charge on any atom is -0.496 e. The summed E-state index contributed by atoms with van der Waals surface area (Å²) in [5.41, 5.74) is 31.0. The molecule has 27 nitrogen and oxygen atoms in total. The third-order valence-electron chi connectivity index (χ3n) is 14.3. The van der Waals surface area contributed by atoms with Crippen LogP contribution in [0, 0.1) is 6.92 Å². The van der Waals surface area contributed by atoms with E-state index in [0.29, 0.717) is 102 Å². The molecule has 19 N–H and O–H groups in total. The van der Waals surface area contributed by atoms with E-state index in [2.05, 4.69) is 42.5 Å². The molecule has 0 saturated heterocycles. The number of hydrogen-bond donors (Lipinski definition) is 14. The molecule has 4 aromatic rings. The number of ether oxygens (including phenoxy) is 4. The normalized spacial score (nSPS) is 12.0. The van der Waals surface area contributed by atoms with Gasteiger partial charge >= 0.3 is 5.97 Å². The fraction of sp³-hybridized carbons (Fsp3) is 0.484. The van der Waals surface area contributed by atoms with E-state index in [9.17, 15) is 43.2 Å². The summed E-state index contributed by atoms with van der Waals surface area (Å²) in [5.74, 6) is -3.83. The number of benzene rings is 4. The number of hydrogen-bond acceptors (Lipinski definition) is 18. The average molecular weight is 1270 g/mol. The number of carboxylic acids is 1. The van der Waals surface area contributed by atoms with E-state index >= 15 is 0 Å². The number of aryl methyl sites for hydroxylation is 1. The monoisotopic (exact) mass is 1270 g/mol. The molecule has 0 aliphatic rings. The first-order valence-electron chi connectivity index (χ1n) is 30.5. The maximum Gasteiger partial charge on any atom is 0.303 e. The van der Waals surface area contributed by atoms with E-state index < -0.39 is 71.5 Å². The second-order valence-corrected chi connectivity index (χ2v) is 21.4. The van der Waals surface area contributed by atoms with Crippen LogP contribution in [-0.2, 0) is 28.8 Å². The van der Waals surface area contributed by atoms with E-state index in [4.69, 9.17) is 52.7 Å². The number of nitrogens with one attached hydrogen (secondary N) is 8. The smallest absolute Gasteiger partial charge is 0.303 e. The SMILES string of the molecule is CC(=O)NCCCCCC(=O)O.COc1ccc(NC(=O)[C@H](CCCCN)NC(=O)c2cc(NC(=O)[C@H](CCCCN)NC(=O)c3cc(NC(=O)[C@H](CCCCN)NC(=O)c4cc(NC(=O)[C@@H](N)CCCCN)ccc4OC)ccc3OC)ccc2OC)cc1C. The topological polar surface area (TPSA) is 437 Å². The number of rotatable bonds is 40. The number of carbonyl (C=O) groups excluding carboxylic acids is 8. The van der Waals surface area contributed by atoms with Crippen LogP contribution in [0.15, 0.2) is 72.8 Å². The van der Waals surface area contributed by atoms with Crippen molar-refractivity contribution in [3.63, 3.8) is 0 Å². The molecule has 4 aromatic carbocycles. The van der Waals surface area contributed by atoms with Crippen LogP contribution >= 0.6 is 0 Å². The van der Waals surface area contributed by atoms with Crippen molar-refractivity contribution >= 4 is 76.0 Å². The molecule has 0 saturated carbocycles. The highest BCUT2D eigenvalue weighted by Crippen LogP contribution is 2.28. The summed E-state index contributed by atoms with van der Waals surface area (Å²) in [7, 11) is 5.68. The molecule has 0 heterocycles. The van der Waals surface area contributed by atoms with Gasteiger partial charge in [0.2, 0.25) is 29.5 Å². The Labute approximate surface area is 532 Å². The number of nitrogens with two attached hydrogens (primary N) is 5. The van der Waals surface area contributed by atoms with Gasteiger partial charge < -0.3 is 95.3 Å². The lowest BCUT2D eigenvalue weighted by Gasteiger charge is -2.22. The summed E-state index contributed by atoms with van der Waals surface area (Å²) in [6, 6.07) is 14.5. The molecule has 91 heavy (non-hydrogen) atoms. The number of amides is 8. The fourth-order valence-electron chi connectivity index (χ4n) is 9.24. The molecule has 0 radical (unpaired) electrons. The Morgan fingerprint density at radius 3 is 1.08 bits per heavy atom. The highest BCUT2D eigenvalue weighted by molar-refractivity contribution is 6.07. The Kier molecular flexibility index (Phi) is 35.4. The van der Waals surface area contributed by atoms with Crippen LogP contribution in [0.4, 0.5) is 22.7 Å². The van der Waals surface area contributed by atoms with Gasteiger partial charge in [-0.2, -0.15) is 0 Å². The third kappa shape index (κ3) is 27.4. The average Bonchev–Trinajstić information content (AvgIpc) is 1.31. The number of carboxylic acid groups (broad SMARTS) is 1. The Morgan fingerprint density at radius 1 is 0.429 bits per heavy atom. The zero-order chi connectivity index (χ0) is 67.3. The van der Waals surface area contributed by atoms with Crippen LogP contribution in [0.2, 0.25) is 0 Å². The summed E-state index contributed by atoms with van der Waals surface area (Å²) >= 11 is 0. The maximum atomic E-state index is 14.2. The molecule has 500 valence electrons. The van der Waals surface area contributed by atoms with Gasteiger partial charge in [-0.25, -0.2) is 0 Å². The predicted octanol–water partition coefficient (Wildman–Crippen LogP) is 4.79. The van der Waals surface area contributed by atoms with Gasteiger partial charge in [0.15, 0.2) is 0 Å². The van der Waals surface area contributed by atoms with Crippen molar-refractivity contribution in [2.24, 2.45) is 28.7 Å². The van der Waals surface area contributed by atoms with Crippen LogP contribution in [-0.4, -0.2) is 144 Å².